The number of ether oxygens (including phenoxy) is 2. The van der Waals surface area contributed by atoms with E-state index < -0.39 is 0 Å². The summed E-state index contributed by atoms with van der Waals surface area (Å²) in [4.78, 5) is 16.6. The third-order valence-corrected chi connectivity index (χ3v) is 6.66. The van der Waals surface area contributed by atoms with Gasteiger partial charge in [-0.1, -0.05) is 30.3 Å². The number of hydrogen-bond acceptors (Lipinski definition) is 4. The number of rotatable bonds is 8. The largest absolute Gasteiger partial charge is 0.493 e. The molecule has 0 saturated heterocycles. The summed E-state index contributed by atoms with van der Waals surface area (Å²) >= 11 is 0. The third kappa shape index (κ3) is 4.68. The number of fused-ring (bicyclic) bond motifs is 1. The number of aryl methyl sites for hydroxylation is 2. The molecule has 2 N–H and O–H groups in total. The van der Waals surface area contributed by atoms with Gasteiger partial charge < -0.3 is 19.8 Å². The minimum atomic E-state index is -0.167. The molecule has 7 nitrogen and oxygen atoms in total. The summed E-state index contributed by atoms with van der Waals surface area (Å²) < 4.78 is 13.2. The van der Waals surface area contributed by atoms with Crippen LogP contribution in [0.5, 0.6) is 11.5 Å². The molecule has 0 bridgehead atoms. The summed E-state index contributed by atoms with van der Waals surface area (Å²) in [6, 6.07) is 23.5. The van der Waals surface area contributed by atoms with Crippen LogP contribution in [-0.2, 0) is 0 Å². The maximum atomic E-state index is 13.2. The van der Waals surface area contributed by atoms with Crippen LogP contribution < -0.4 is 14.8 Å². The predicted molar refractivity (Wildman–Crippen MR) is 145 cm³/mol. The molecular formula is C30H30N4O3. The zero-order valence-electron chi connectivity index (χ0n) is 21.4. The molecule has 1 unspecified atom stereocenters. The highest BCUT2D eigenvalue weighted by molar-refractivity contribution is 5.94. The van der Waals surface area contributed by atoms with E-state index in [-0.39, 0.29) is 11.8 Å². The quantitative estimate of drug-likeness (QED) is 0.296. The standard InChI is InChI=1S/C30H30N4O3/c1-19-16-20(2)34(33-19)22-14-12-21(13-15-22)30(35)32-18-26(24-9-7-11-28(36-3)29(24)37-4)25-17-31-27-10-6-5-8-23(25)27/h5-17,26,31H,18H2,1-4H3,(H,32,35). The van der Waals surface area contributed by atoms with Crippen molar-refractivity contribution in [3.63, 3.8) is 0 Å². The van der Waals surface area contributed by atoms with Crippen LogP contribution in [0.4, 0.5) is 0 Å². The second-order valence-electron chi connectivity index (χ2n) is 9.02. The maximum absolute atomic E-state index is 13.2. The van der Waals surface area contributed by atoms with Gasteiger partial charge in [0.05, 0.1) is 25.6 Å². The van der Waals surface area contributed by atoms with Crippen molar-refractivity contribution in [1.82, 2.24) is 20.1 Å². The van der Waals surface area contributed by atoms with Gasteiger partial charge in [-0.15, -0.1) is 0 Å². The molecule has 0 aliphatic heterocycles. The van der Waals surface area contributed by atoms with Crippen molar-refractivity contribution in [2.45, 2.75) is 19.8 Å². The van der Waals surface area contributed by atoms with E-state index in [9.17, 15) is 4.79 Å². The first-order valence-corrected chi connectivity index (χ1v) is 12.2. The number of benzene rings is 3. The summed E-state index contributed by atoms with van der Waals surface area (Å²) in [5.74, 6) is 0.991. The molecule has 2 heterocycles. The minimum absolute atomic E-state index is 0.147. The third-order valence-electron chi connectivity index (χ3n) is 6.66. The Kier molecular flexibility index (Phi) is 6.68. The van der Waals surface area contributed by atoms with E-state index in [0.717, 1.165) is 39.1 Å². The van der Waals surface area contributed by atoms with Crippen molar-refractivity contribution in [2.75, 3.05) is 20.8 Å². The normalized spacial score (nSPS) is 11.9. The number of nitrogens with one attached hydrogen (secondary N) is 2. The summed E-state index contributed by atoms with van der Waals surface area (Å²) in [7, 11) is 3.26. The number of methoxy groups -OCH3 is 2. The first-order chi connectivity index (χ1) is 18.0. The molecule has 5 aromatic rings. The molecule has 2 aromatic heterocycles. The fourth-order valence-electron chi connectivity index (χ4n) is 4.90. The molecule has 37 heavy (non-hydrogen) atoms. The van der Waals surface area contributed by atoms with Crippen LogP contribution in [-0.4, -0.2) is 41.4 Å². The summed E-state index contributed by atoms with van der Waals surface area (Å²) in [5.41, 5.74) is 6.55. The van der Waals surface area contributed by atoms with Crippen LogP contribution in [0.3, 0.4) is 0 Å². The van der Waals surface area contributed by atoms with Gasteiger partial charge in [0.25, 0.3) is 5.91 Å². The zero-order chi connectivity index (χ0) is 25.9. The molecule has 0 aliphatic rings. The Bertz CT molecular complexity index is 1550. The van der Waals surface area contributed by atoms with Crippen molar-refractivity contribution in [3.8, 4) is 17.2 Å². The topological polar surface area (TPSA) is 81.2 Å². The Morgan fingerprint density at radius 3 is 2.46 bits per heavy atom. The van der Waals surface area contributed by atoms with Crippen LogP contribution in [0.25, 0.3) is 16.6 Å². The highest BCUT2D eigenvalue weighted by Gasteiger charge is 2.24. The zero-order valence-corrected chi connectivity index (χ0v) is 21.4. The average Bonchev–Trinajstić information content (AvgIpc) is 3.50. The summed E-state index contributed by atoms with van der Waals surface area (Å²) in [6.07, 6.45) is 2.00. The second-order valence-corrected chi connectivity index (χ2v) is 9.02. The number of aromatic nitrogens is 3. The van der Waals surface area contributed by atoms with Gasteiger partial charge in [-0.2, -0.15) is 5.10 Å². The van der Waals surface area contributed by atoms with Gasteiger partial charge in [0.1, 0.15) is 0 Å². The number of carbonyl (C=O) groups excluding carboxylic acids is 1. The van der Waals surface area contributed by atoms with Gasteiger partial charge in [0, 0.05) is 46.4 Å². The molecule has 5 rings (SSSR count). The van der Waals surface area contributed by atoms with Crippen molar-refractivity contribution in [3.05, 3.63) is 107 Å². The van der Waals surface area contributed by atoms with Gasteiger partial charge >= 0.3 is 0 Å². The Labute approximate surface area is 216 Å². The second kappa shape index (κ2) is 10.2. The number of amides is 1. The molecule has 1 amide bonds. The van der Waals surface area contributed by atoms with E-state index >= 15 is 0 Å². The molecule has 7 heteroatoms. The Morgan fingerprint density at radius 1 is 0.973 bits per heavy atom. The lowest BCUT2D eigenvalue weighted by atomic mass is 9.89. The lowest BCUT2D eigenvalue weighted by molar-refractivity contribution is 0.0952. The lowest BCUT2D eigenvalue weighted by Crippen LogP contribution is -2.29. The van der Waals surface area contributed by atoms with Crippen LogP contribution in [0.2, 0.25) is 0 Å². The highest BCUT2D eigenvalue weighted by atomic mass is 16.5. The van der Waals surface area contributed by atoms with Crippen LogP contribution in [0, 0.1) is 13.8 Å². The molecule has 0 aliphatic carbocycles. The Hall–Kier alpha value is -4.52. The number of carbonyl (C=O) groups is 1. The first kappa shape index (κ1) is 24.2. The van der Waals surface area contributed by atoms with Gasteiger partial charge in [-0.25, -0.2) is 4.68 Å². The molecule has 0 fully saturated rings. The fourth-order valence-corrected chi connectivity index (χ4v) is 4.90. The predicted octanol–water partition coefficient (Wildman–Crippen LogP) is 5.55. The minimum Gasteiger partial charge on any atom is -0.493 e. The summed E-state index contributed by atoms with van der Waals surface area (Å²) in [6.45, 7) is 4.36. The number of nitrogens with zero attached hydrogens (tertiary/aromatic N) is 2. The van der Waals surface area contributed by atoms with E-state index in [4.69, 9.17) is 9.47 Å². The van der Waals surface area contributed by atoms with Crippen molar-refractivity contribution < 1.29 is 14.3 Å². The van der Waals surface area contributed by atoms with Gasteiger partial charge in [-0.05, 0) is 61.9 Å². The van der Waals surface area contributed by atoms with Crippen molar-refractivity contribution in [2.24, 2.45) is 0 Å². The molecule has 3 aromatic carbocycles. The Balaban J connectivity index is 1.44. The highest BCUT2D eigenvalue weighted by Crippen LogP contribution is 2.40. The van der Waals surface area contributed by atoms with E-state index in [1.807, 2.05) is 91.5 Å². The molecular weight excluding hydrogens is 464 g/mol. The number of para-hydroxylation sites is 2. The number of hydrogen-bond donors (Lipinski definition) is 2. The van der Waals surface area contributed by atoms with Gasteiger partial charge in [0.15, 0.2) is 11.5 Å². The molecule has 188 valence electrons. The van der Waals surface area contributed by atoms with Crippen LogP contribution >= 0.6 is 0 Å². The lowest BCUT2D eigenvalue weighted by Gasteiger charge is -2.22. The van der Waals surface area contributed by atoms with Crippen LogP contribution in [0.1, 0.15) is 38.8 Å². The number of H-pyrrole nitrogens is 1. The van der Waals surface area contributed by atoms with Crippen molar-refractivity contribution in [1.29, 1.82) is 0 Å². The van der Waals surface area contributed by atoms with Crippen molar-refractivity contribution >= 4 is 16.8 Å². The van der Waals surface area contributed by atoms with E-state index in [0.29, 0.717) is 23.6 Å². The van der Waals surface area contributed by atoms with E-state index in [1.165, 1.54) is 0 Å². The Morgan fingerprint density at radius 2 is 1.76 bits per heavy atom. The first-order valence-electron chi connectivity index (χ1n) is 12.2. The van der Waals surface area contributed by atoms with Gasteiger partial charge in [0.2, 0.25) is 0 Å². The molecule has 0 saturated carbocycles. The van der Waals surface area contributed by atoms with Crippen LogP contribution in [0.15, 0.2) is 79.0 Å². The van der Waals surface area contributed by atoms with Gasteiger partial charge in [-0.3, -0.25) is 4.79 Å². The smallest absolute Gasteiger partial charge is 0.251 e. The van der Waals surface area contributed by atoms with E-state index in [2.05, 4.69) is 21.5 Å². The fraction of sp³-hybridized carbons (Fsp3) is 0.200. The SMILES string of the molecule is COc1cccc(C(CNC(=O)c2ccc(-n3nc(C)cc3C)cc2)c2c[nH]c3ccccc23)c1OC. The molecule has 0 spiro atoms. The molecule has 1 atom stereocenters. The average molecular weight is 495 g/mol. The molecule has 0 radical (unpaired) electrons. The monoisotopic (exact) mass is 494 g/mol. The van der Waals surface area contributed by atoms with E-state index in [1.54, 1.807) is 14.2 Å². The summed E-state index contributed by atoms with van der Waals surface area (Å²) in [5, 5.41) is 8.76. The number of aromatic amines is 1. The maximum Gasteiger partial charge on any atom is 0.251 e.